The fraction of sp³-hybridized carbons (Fsp3) is 0.500. The molecular formula is C12H17F2NO. The van der Waals surface area contributed by atoms with Crippen molar-refractivity contribution in [3.8, 4) is 0 Å². The summed E-state index contributed by atoms with van der Waals surface area (Å²) in [7, 11) is 1.61. The molecule has 2 N–H and O–H groups in total. The van der Waals surface area contributed by atoms with Gasteiger partial charge in [-0.15, -0.1) is 0 Å². The zero-order valence-electron chi connectivity index (χ0n) is 9.54. The molecule has 4 heteroatoms. The van der Waals surface area contributed by atoms with Crippen LogP contribution in [0.2, 0.25) is 0 Å². The molecule has 0 aromatic heterocycles. The highest BCUT2D eigenvalue weighted by Gasteiger charge is 2.12. The highest BCUT2D eigenvalue weighted by atomic mass is 19.1. The molecule has 2 nitrogen and oxygen atoms in total. The van der Waals surface area contributed by atoms with Crippen molar-refractivity contribution in [2.24, 2.45) is 5.73 Å². The van der Waals surface area contributed by atoms with E-state index in [2.05, 4.69) is 0 Å². The van der Waals surface area contributed by atoms with Crippen LogP contribution in [-0.4, -0.2) is 19.3 Å². The predicted molar refractivity (Wildman–Crippen MR) is 59.1 cm³/mol. The Morgan fingerprint density at radius 1 is 1.38 bits per heavy atom. The number of hydrogen-bond acceptors (Lipinski definition) is 2. The van der Waals surface area contributed by atoms with Crippen molar-refractivity contribution in [3.63, 3.8) is 0 Å². The molecule has 0 saturated heterocycles. The van der Waals surface area contributed by atoms with Gasteiger partial charge >= 0.3 is 0 Å². The summed E-state index contributed by atoms with van der Waals surface area (Å²) in [4.78, 5) is 0. The van der Waals surface area contributed by atoms with Crippen molar-refractivity contribution in [1.29, 1.82) is 0 Å². The summed E-state index contributed by atoms with van der Waals surface area (Å²) in [6.07, 6.45) is 1.08. The molecule has 0 heterocycles. The maximum atomic E-state index is 13.3. The SMILES string of the molecule is COC(C)CC(N)Cc1ccc(F)cc1F. The normalized spacial score (nSPS) is 14.8. The van der Waals surface area contributed by atoms with E-state index in [4.69, 9.17) is 10.5 Å². The number of ether oxygens (including phenoxy) is 1. The van der Waals surface area contributed by atoms with Crippen LogP contribution in [0.3, 0.4) is 0 Å². The third-order valence-corrected chi connectivity index (χ3v) is 2.53. The smallest absolute Gasteiger partial charge is 0.129 e. The first-order chi connectivity index (χ1) is 7.52. The first-order valence-electron chi connectivity index (χ1n) is 5.25. The zero-order chi connectivity index (χ0) is 12.1. The van der Waals surface area contributed by atoms with Gasteiger partial charge in [-0.3, -0.25) is 0 Å². The Hall–Kier alpha value is -1.00. The molecule has 2 unspecified atom stereocenters. The first-order valence-corrected chi connectivity index (χ1v) is 5.25. The fourth-order valence-electron chi connectivity index (χ4n) is 1.58. The minimum absolute atomic E-state index is 0.0403. The van der Waals surface area contributed by atoms with E-state index in [1.54, 1.807) is 7.11 Å². The van der Waals surface area contributed by atoms with Crippen molar-refractivity contribution in [2.75, 3.05) is 7.11 Å². The zero-order valence-corrected chi connectivity index (χ0v) is 9.54. The second-order valence-electron chi connectivity index (χ2n) is 3.98. The minimum Gasteiger partial charge on any atom is -0.382 e. The number of nitrogens with two attached hydrogens (primary N) is 1. The van der Waals surface area contributed by atoms with Gasteiger partial charge in [0.2, 0.25) is 0 Å². The van der Waals surface area contributed by atoms with Gasteiger partial charge in [-0.25, -0.2) is 8.78 Å². The predicted octanol–water partition coefficient (Wildman–Crippen LogP) is 2.26. The van der Waals surface area contributed by atoms with Crippen molar-refractivity contribution in [2.45, 2.75) is 31.9 Å². The highest BCUT2D eigenvalue weighted by Crippen LogP contribution is 2.13. The van der Waals surface area contributed by atoms with Crippen molar-refractivity contribution in [1.82, 2.24) is 0 Å². The average molecular weight is 229 g/mol. The number of benzene rings is 1. The molecule has 1 aromatic carbocycles. The van der Waals surface area contributed by atoms with Crippen LogP contribution in [0.15, 0.2) is 18.2 Å². The van der Waals surface area contributed by atoms with E-state index in [-0.39, 0.29) is 12.1 Å². The molecule has 0 bridgehead atoms. The molecule has 0 saturated carbocycles. The summed E-state index contributed by atoms with van der Waals surface area (Å²) in [5.41, 5.74) is 6.29. The second kappa shape index (κ2) is 5.92. The summed E-state index contributed by atoms with van der Waals surface area (Å²) in [6.45, 7) is 1.90. The molecule has 16 heavy (non-hydrogen) atoms. The number of rotatable bonds is 5. The van der Waals surface area contributed by atoms with Gasteiger partial charge in [0.05, 0.1) is 6.10 Å². The van der Waals surface area contributed by atoms with E-state index in [0.29, 0.717) is 18.4 Å². The van der Waals surface area contributed by atoms with E-state index in [9.17, 15) is 8.78 Å². The molecule has 0 spiro atoms. The van der Waals surface area contributed by atoms with E-state index in [1.165, 1.54) is 12.1 Å². The van der Waals surface area contributed by atoms with Gasteiger partial charge in [0.15, 0.2) is 0 Å². The van der Waals surface area contributed by atoms with Crippen LogP contribution in [0, 0.1) is 11.6 Å². The maximum Gasteiger partial charge on any atom is 0.129 e. The van der Waals surface area contributed by atoms with E-state index in [1.807, 2.05) is 6.92 Å². The molecule has 0 aliphatic carbocycles. The largest absolute Gasteiger partial charge is 0.382 e. The molecule has 1 rings (SSSR count). The van der Waals surface area contributed by atoms with Crippen molar-refractivity contribution in [3.05, 3.63) is 35.4 Å². The molecule has 0 fully saturated rings. The fourth-order valence-corrected chi connectivity index (χ4v) is 1.58. The Morgan fingerprint density at radius 2 is 2.06 bits per heavy atom. The van der Waals surface area contributed by atoms with Gasteiger partial charge in [0, 0.05) is 19.2 Å². The van der Waals surface area contributed by atoms with Crippen molar-refractivity contribution < 1.29 is 13.5 Å². The number of hydrogen-bond donors (Lipinski definition) is 1. The third kappa shape index (κ3) is 3.87. The molecular weight excluding hydrogens is 212 g/mol. The maximum absolute atomic E-state index is 13.3. The standard InChI is InChI=1S/C12H17F2NO/c1-8(16-2)5-11(15)6-9-3-4-10(13)7-12(9)14/h3-4,7-8,11H,5-6,15H2,1-2H3. The summed E-state index contributed by atoms with van der Waals surface area (Å²) in [5, 5.41) is 0. The summed E-state index contributed by atoms with van der Waals surface area (Å²) in [5.74, 6) is -1.11. The Morgan fingerprint density at radius 3 is 2.62 bits per heavy atom. The lowest BCUT2D eigenvalue weighted by Gasteiger charge is -2.16. The monoisotopic (exact) mass is 229 g/mol. The Balaban J connectivity index is 2.59. The summed E-state index contributed by atoms with van der Waals surface area (Å²) >= 11 is 0. The van der Waals surface area contributed by atoms with Gasteiger partial charge in [0.25, 0.3) is 0 Å². The molecule has 0 aliphatic rings. The number of halogens is 2. The van der Waals surface area contributed by atoms with Crippen LogP contribution >= 0.6 is 0 Å². The lowest BCUT2D eigenvalue weighted by atomic mass is 10.0. The van der Waals surface area contributed by atoms with E-state index in [0.717, 1.165) is 6.07 Å². The molecule has 90 valence electrons. The van der Waals surface area contributed by atoms with Crippen LogP contribution in [-0.2, 0) is 11.2 Å². The van der Waals surface area contributed by atoms with Gasteiger partial charge in [-0.2, -0.15) is 0 Å². The molecule has 1 aromatic rings. The van der Waals surface area contributed by atoms with Crippen LogP contribution in [0.25, 0.3) is 0 Å². The van der Waals surface area contributed by atoms with Crippen LogP contribution in [0.5, 0.6) is 0 Å². The summed E-state index contributed by atoms with van der Waals surface area (Å²) in [6, 6.07) is 3.37. The van der Waals surface area contributed by atoms with Gasteiger partial charge in [0.1, 0.15) is 11.6 Å². The molecule has 2 atom stereocenters. The Kier molecular flexibility index (Phi) is 4.83. The first kappa shape index (κ1) is 13.1. The van der Waals surface area contributed by atoms with Gasteiger partial charge < -0.3 is 10.5 Å². The van der Waals surface area contributed by atoms with Crippen LogP contribution < -0.4 is 5.73 Å². The van der Waals surface area contributed by atoms with Gasteiger partial charge in [-0.05, 0) is 31.4 Å². The quantitative estimate of drug-likeness (QED) is 0.840. The highest BCUT2D eigenvalue weighted by molar-refractivity contribution is 5.19. The van der Waals surface area contributed by atoms with E-state index >= 15 is 0 Å². The number of methoxy groups -OCH3 is 1. The lowest BCUT2D eigenvalue weighted by Crippen LogP contribution is -2.28. The summed E-state index contributed by atoms with van der Waals surface area (Å²) < 4.78 is 31.0. The van der Waals surface area contributed by atoms with Crippen LogP contribution in [0.4, 0.5) is 8.78 Å². The molecule has 0 aliphatic heterocycles. The molecule has 0 amide bonds. The van der Waals surface area contributed by atoms with Crippen LogP contribution in [0.1, 0.15) is 18.9 Å². The Labute approximate surface area is 94.4 Å². The second-order valence-corrected chi connectivity index (χ2v) is 3.98. The Bertz CT molecular complexity index is 344. The molecule has 0 radical (unpaired) electrons. The average Bonchev–Trinajstić information content (AvgIpc) is 2.22. The van der Waals surface area contributed by atoms with Gasteiger partial charge in [-0.1, -0.05) is 6.07 Å². The lowest BCUT2D eigenvalue weighted by molar-refractivity contribution is 0.104. The topological polar surface area (TPSA) is 35.2 Å². The third-order valence-electron chi connectivity index (χ3n) is 2.53. The van der Waals surface area contributed by atoms with Crippen molar-refractivity contribution >= 4 is 0 Å². The minimum atomic E-state index is -0.569. The van der Waals surface area contributed by atoms with E-state index < -0.39 is 11.6 Å².